The molecule has 0 aliphatic rings. The van der Waals surface area contributed by atoms with Crippen LogP contribution in [0.5, 0.6) is 0 Å². The molecule has 2 rings (SSSR count). The molecule has 0 amide bonds. The molecule has 0 spiro atoms. The summed E-state index contributed by atoms with van der Waals surface area (Å²) in [6.07, 6.45) is 1.24. The fourth-order valence-electron chi connectivity index (χ4n) is 1.27. The summed E-state index contributed by atoms with van der Waals surface area (Å²) in [5, 5.41) is 0. The van der Waals surface area contributed by atoms with Gasteiger partial charge in [-0.3, -0.25) is 0 Å². The Morgan fingerprint density at radius 3 is 1.73 bits per heavy atom. The Hall–Kier alpha value is -0.677. The van der Waals surface area contributed by atoms with Crippen LogP contribution in [-0.2, 0) is 19.5 Å². The molecule has 0 aliphatic heterocycles. The predicted octanol–water partition coefficient (Wildman–Crippen LogP) is 4.32. The first kappa shape index (κ1) is 14.3. The molecule has 1 heteroatoms. The van der Waals surface area contributed by atoms with Crippen molar-refractivity contribution in [1.29, 1.82) is 0 Å². The van der Waals surface area contributed by atoms with Gasteiger partial charge in [0.15, 0.2) is 0 Å². The van der Waals surface area contributed by atoms with Crippen LogP contribution in [0.15, 0.2) is 54.6 Å². The van der Waals surface area contributed by atoms with Crippen LogP contribution in [0.3, 0.4) is 0 Å². The van der Waals surface area contributed by atoms with E-state index >= 15 is 0 Å². The third kappa shape index (κ3) is 5.69. The predicted molar refractivity (Wildman–Crippen MR) is 62.8 cm³/mol. The van der Waals surface area contributed by atoms with Gasteiger partial charge in [0.25, 0.3) is 0 Å². The number of hydrogen-bond acceptors (Lipinski definition) is 0. The van der Waals surface area contributed by atoms with Gasteiger partial charge in [-0.05, 0) is 0 Å². The number of rotatable bonds is 2. The first-order valence-electron chi connectivity index (χ1n) is 5.23. The second kappa shape index (κ2) is 8.62. The van der Waals surface area contributed by atoms with Crippen LogP contribution in [0.4, 0.5) is 0 Å². The molecular weight excluding hydrogens is 269 g/mol. The van der Waals surface area contributed by atoms with E-state index in [-0.39, 0.29) is 19.5 Å². The maximum atomic E-state index is 2.26. The van der Waals surface area contributed by atoms with Gasteiger partial charge >= 0.3 is 0 Å². The fourth-order valence-corrected chi connectivity index (χ4v) is 1.27. The average Bonchev–Trinajstić information content (AvgIpc) is 2.91. The van der Waals surface area contributed by atoms with Crippen LogP contribution in [0.25, 0.3) is 0 Å². The van der Waals surface area contributed by atoms with E-state index in [1.165, 1.54) is 12.0 Å². The summed E-state index contributed by atoms with van der Waals surface area (Å²) in [6.45, 7) is 4.48. The van der Waals surface area contributed by atoms with Crippen molar-refractivity contribution in [3.8, 4) is 0 Å². The molecule has 0 saturated carbocycles. The second-order valence-electron chi connectivity index (χ2n) is 3.49. The summed E-state index contributed by atoms with van der Waals surface area (Å²) in [7, 11) is 0. The second-order valence-corrected chi connectivity index (χ2v) is 3.49. The van der Waals surface area contributed by atoms with E-state index in [4.69, 9.17) is 0 Å². The summed E-state index contributed by atoms with van der Waals surface area (Å²) in [6, 6.07) is 18.6. The molecule has 0 aliphatic carbocycles. The van der Waals surface area contributed by atoms with Crippen molar-refractivity contribution in [1.82, 2.24) is 0 Å². The van der Waals surface area contributed by atoms with E-state index in [1.807, 2.05) is 30.3 Å². The molecule has 88 valence electrons. The molecule has 0 radical (unpaired) electrons. The Bertz CT molecular complexity index is 275. The van der Waals surface area contributed by atoms with Gasteiger partial charge < -0.3 is 30.3 Å². The Kier molecular flexibility index (Phi) is 8.23. The first-order valence-corrected chi connectivity index (χ1v) is 5.23. The van der Waals surface area contributed by atoms with E-state index in [9.17, 15) is 0 Å². The van der Waals surface area contributed by atoms with Crippen LogP contribution in [0.2, 0.25) is 0 Å². The zero-order valence-corrected chi connectivity index (χ0v) is 11.1. The molecule has 0 bridgehead atoms. The molecular formula is C14H18Ru-6. The normalized spacial score (nSPS) is 10.8. The third-order valence-corrected chi connectivity index (χ3v) is 2.43. The van der Waals surface area contributed by atoms with Crippen LogP contribution >= 0.6 is 0 Å². The molecule has 0 nitrogen and oxygen atoms in total. The number of hydrogen-bond donors (Lipinski definition) is 0. The van der Waals surface area contributed by atoms with Gasteiger partial charge in [-0.1, -0.05) is 26.2 Å². The topological polar surface area (TPSA) is 0 Å². The van der Waals surface area contributed by atoms with E-state index in [0.717, 1.165) is 5.92 Å². The maximum Gasteiger partial charge on any atom is 0 e. The van der Waals surface area contributed by atoms with Crippen molar-refractivity contribution in [3.63, 3.8) is 0 Å². The summed E-state index contributed by atoms with van der Waals surface area (Å²) >= 11 is 0. The van der Waals surface area contributed by atoms with E-state index in [1.54, 1.807) is 0 Å². The minimum atomic E-state index is 0. The van der Waals surface area contributed by atoms with Crippen LogP contribution < -0.4 is 0 Å². The molecule has 0 heterocycles. The first-order chi connectivity index (χ1) is 6.84. The summed E-state index contributed by atoms with van der Waals surface area (Å²) in [5.74, 6) is 0.736. The zero-order chi connectivity index (χ0) is 10.2. The van der Waals surface area contributed by atoms with Gasteiger partial charge in [-0.2, -0.15) is 17.7 Å². The van der Waals surface area contributed by atoms with E-state index < -0.39 is 0 Å². The molecule has 0 N–H and O–H groups in total. The third-order valence-electron chi connectivity index (χ3n) is 2.43. The van der Waals surface area contributed by atoms with Gasteiger partial charge in [0.2, 0.25) is 0 Å². The molecule has 1 atom stereocenters. The van der Waals surface area contributed by atoms with Crippen molar-refractivity contribution in [3.05, 3.63) is 60.2 Å². The Labute approximate surface area is 106 Å². The summed E-state index contributed by atoms with van der Waals surface area (Å²) in [5.41, 5.74) is 1.47. The smallest absolute Gasteiger partial charge is 0 e. The SMILES string of the molecule is CCC(C)[c-]1cccc1.[Ru].[cH-]1[cH-][cH-][cH-][cH-]1. The van der Waals surface area contributed by atoms with Crippen molar-refractivity contribution in [2.45, 2.75) is 26.2 Å². The summed E-state index contributed by atoms with van der Waals surface area (Å²) in [4.78, 5) is 0. The van der Waals surface area contributed by atoms with Crippen molar-refractivity contribution in [2.75, 3.05) is 0 Å². The Morgan fingerprint density at radius 2 is 1.40 bits per heavy atom. The molecule has 0 aromatic heterocycles. The van der Waals surface area contributed by atoms with Crippen molar-refractivity contribution in [2.24, 2.45) is 0 Å². The van der Waals surface area contributed by atoms with Crippen LogP contribution in [0, 0.1) is 0 Å². The van der Waals surface area contributed by atoms with Gasteiger partial charge in [0, 0.05) is 19.5 Å². The van der Waals surface area contributed by atoms with Crippen LogP contribution in [-0.4, -0.2) is 0 Å². The monoisotopic (exact) mass is 288 g/mol. The van der Waals surface area contributed by atoms with E-state index in [0.29, 0.717) is 0 Å². The van der Waals surface area contributed by atoms with E-state index in [2.05, 4.69) is 38.1 Å². The molecule has 2 aromatic rings. The molecule has 15 heavy (non-hydrogen) atoms. The molecule has 0 fully saturated rings. The van der Waals surface area contributed by atoms with Gasteiger partial charge in [0.1, 0.15) is 0 Å². The van der Waals surface area contributed by atoms with Crippen LogP contribution in [0.1, 0.15) is 31.7 Å². The molecule has 2 aromatic carbocycles. The molecule has 0 saturated heterocycles. The van der Waals surface area contributed by atoms with Gasteiger partial charge in [-0.25, -0.2) is 12.1 Å². The van der Waals surface area contributed by atoms with Crippen molar-refractivity contribution >= 4 is 0 Å². The largest absolute Gasteiger partial charge is 0.748 e. The summed E-state index contributed by atoms with van der Waals surface area (Å²) < 4.78 is 0. The minimum Gasteiger partial charge on any atom is -0.748 e. The maximum absolute atomic E-state index is 2.26. The Morgan fingerprint density at radius 1 is 1.00 bits per heavy atom. The molecule has 1 unspecified atom stereocenters. The average molecular weight is 287 g/mol. The van der Waals surface area contributed by atoms with Gasteiger partial charge in [0.05, 0.1) is 0 Å². The van der Waals surface area contributed by atoms with Crippen molar-refractivity contribution < 1.29 is 19.5 Å². The standard InChI is InChI=1S/C9H13.C5H5.Ru/c1-3-8(2)9-6-4-5-7-9;1-2-4-5-3-1;/h4-8H,3H2,1-2H3;1-5H;/q-1;-5;. The Balaban J connectivity index is 0.000000280. The zero-order valence-electron chi connectivity index (χ0n) is 9.33. The fraction of sp³-hybridized carbons (Fsp3) is 0.286. The van der Waals surface area contributed by atoms with Gasteiger partial charge in [-0.15, -0.1) is 0 Å². The quantitative estimate of drug-likeness (QED) is 0.570. The minimum absolute atomic E-state index is 0.